The van der Waals surface area contributed by atoms with Gasteiger partial charge in [-0.1, -0.05) is 0 Å². The van der Waals surface area contributed by atoms with Crippen LogP contribution in [0.3, 0.4) is 0 Å². The van der Waals surface area contributed by atoms with E-state index < -0.39 is 0 Å². The van der Waals surface area contributed by atoms with Gasteiger partial charge in [0.15, 0.2) is 10.2 Å². The molecule has 1 saturated carbocycles. The molecule has 9 nitrogen and oxygen atoms in total. The summed E-state index contributed by atoms with van der Waals surface area (Å²) in [5.41, 5.74) is 7.23. The molecule has 0 radical (unpaired) electrons. The van der Waals surface area contributed by atoms with E-state index in [1.165, 1.54) is 0 Å². The van der Waals surface area contributed by atoms with Crippen molar-refractivity contribution in [1.29, 1.82) is 0 Å². The molecule has 4 N–H and O–H groups in total. The fraction of sp³-hybridized carbons (Fsp3) is 0.706. The molecule has 1 aliphatic heterocycles. The first-order valence-electron chi connectivity index (χ1n) is 9.62. The number of carbonyl (C=O) groups excluding carboxylic acids is 1. The van der Waals surface area contributed by atoms with E-state index in [4.69, 9.17) is 29.2 Å². The number of nitrogens with one attached hydrogen (secondary N) is 4. The molecular formula is C17H29N7O2S2. The zero-order chi connectivity index (χ0) is 20.4. The molecule has 1 atom stereocenters. The Morgan fingerprint density at radius 1 is 1.11 bits per heavy atom. The van der Waals surface area contributed by atoms with Gasteiger partial charge >= 0.3 is 0 Å². The Labute approximate surface area is 176 Å². The summed E-state index contributed by atoms with van der Waals surface area (Å²) in [6, 6.07) is 0. The summed E-state index contributed by atoms with van der Waals surface area (Å²) in [5, 5.41) is 15.7. The number of carbonyl (C=O) groups is 1. The average Bonchev–Trinajstić information content (AvgIpc) is 3.07. The minimum absolute atomic E-state index is 0.0134. The molecule has 28 heavy (non-hydrogen) atoms. The Hall–Kier alpha value is -1.85. The lowest BCUT2D eigenvalue weighted by Gasteiger charge is -2.27. The number of hydrogen-bond donors (Lipinski definition) is 4. The highest BCUT2D eigenvalue weighted by molar-refractivity contribution is 7.80. The van der Waals surface area contributed by atoms with Crippen molar-refractivity contribution < 1.29 is 9.53 Å². The lowest BCUT2D eigenvalue weighted by atomic mass is 10.0. The Morgan fingerprint density at radius 3 is 2.32 bits per heavy atom. The van der Waals surface area contributed by atoms with Crippen molar-refractivity contribution in [2.75, 3.05) is 39.4 Å². The smallest absolute Gasteiger partial charge is 0.223 e. The molecule has 0 aromatic rings. The topological polar surface area (TPSA) is 102 Å². The van der Waals surface area contributed by atoms with Gasteiger partial charge in [-0.05, 0) is 51.1 Å². The van der Waals surface area contributed by atoms with Crippen molar-refractivity contribution in [3.05, 3.63) is 0 Å². The largest absolute Gasteiger partial charge is 0.378 e. The van der Waals surface area contributed by atoms with Crippen LogP contribution in [-0.4, -0.2) is 71.8 Å². The van der Waals surface area contributed by atoms with Crippen LogP contribution in [0.4, 0.5) is 0 Å². The molecule has 1 aliphatic carbocycles. The standard InChI is InChI=1S/C17H29N7O2S2/c1-3-18-16(27)22-20-13-6-5-12(15(13)21-23-17(28)19-4-2)11-14(25)24-7-9-26-10-8-24/h12H,3-11H2,1-2H3,(H2,18,22,27)(H2,19,23,28)/b20-13+,21-15+/t12-/m1/s1. The van der Waals surface area contributed by atoms with Crippen LogP contribution in [0.25, 0.3) is 0 Å². The van der Waals surface area contributed by atoms with Gasteiger partial charge in [0, 0.05) is 38.5 Å². The van der Waals surface area contributed by atoms with Gasteiger partial charge in [-0.2, -0.15) is 10.2 Å². The zero-order valence-electron chi connectivity index (χ0n) is 16.4. The third kappa shape index (κ3) is 6.95. The molecule has 2 rings (SSSR count). The van der Waals surface area contributed by atoms with Crippen LogP contribution in [0.5, 0.6) is 0 Å². The SMILES string of the molecule is CCNC(=S)N/N=C1\CC[C@H](CC(=O)N2CCOCC2)\C1=N/NC(=S)NCC. The molecular weight excluding hydrogens is 398 g/mol. The molecule has 1 heterocycles. The van der Waals surface area contributed by atoms with Crippen LogP contribution in [-0.2, 0) is 9.53 Å². The second kappa shape index (κ2) is 11.9. The predicted octanol–water partition coefficient (Wildman–Crippen LogP) is 0.325. The minimum atomic E-state index is -0.0134. The summed E-state index contributed by atoms with van der Waals surface area (Å²) in [6.45, 7) is 7.80. The van der Waals surface area contributed by atoms with Crippen LogP contribution in [0, 0.1) is 5.92 Å². The monoisotopic (exact) mass is 427 g/mol. The van der Waals surface area contributed by atoms with Gasteiger partial charge in [-0.15, -0.1) is 0 Å². The Morgan fingerprint density at radius 2 is 1.71 bits per heavy atom. The van der Waals surface area contributed by atoms with Gasteiger partial charge in [-0.3, -0.25) is 15.6 Å². The molecule has 0 bridgehead atoms. The molecule has 0 aromatic heterocycles. The number of morpholine rings is 1. The fourth-order valence-electron chi connectivity index (χ4n) is 3.06. The molecule has 11 heteroatoms. The van der Waals surface area contributed by atoms with E-state index in [1.54, 1.807) is 0 Å². The maximum atomic E-state index is 12.7. The van der Waals surface area contributed by atoms with Gasteiger partial charge in [-0.25, -0.2) is 0 Å². The number of ether oxygens (including phenoxy) is 1. The van der Waals surface area contributed by atoms with Crippen molar-refractivity contribution in [2.24, 2.45) is 16.1 Å². The highest BCUT2D eigenvalue weighted by Crippen LogP contribution is 2.25. The zero-order valence-corrected chi connectivity index (χ0v) is 18.0. The van der Waals surface area contributed by atoms with E-state index in [0.717, 1.165) is 24.3 Å². The van der Waals surface area contributed by atoms with Gasteiger partial charge in [0.1, 0.15) is 0 Å². The van der Waals surface area contributed by atoms with Crippen LogP contribution < -0.4 is 21.5 Å². The molecule has 0 spiro atoms. The number of thiocarbonyl (C=S) groups is 2. The number of hydrogen-bond acceptors (Lipinski definition) is 6. The summed E-state index contributed by atoms with van der Waals surface area (Å²) < 4.78 is 5.33. The van der Waals surface area contributed by atoms with Crippen LogP contribution >= 0.6 is 24.4 Å². The highest BCUT2D eigenvalue weighted by Gasteiger charge is 2.32. The van der Waals surface area contributed by atoms with Gasteiger partial charge in [0.25, 0.3) is 0 Å². The highest BCUT2D eigenvalue weighted by atomic mass is 32.1. The third-order valence-electron chi connectivity index (χ3n) is 4.44. The third-order valence-corrected chi connectivity index (χ3v) is 4.91. The van der Waals surface area contributed by atoms with E-state index in [1.807, 2.05) is 18.7 Å². The van der Waals surface area contributed by atoms with Gasteiger partial charge < -0.3 is 20.3 Å². The Kier molecular flexibility index (Phi) is 9.51. The average molecular weight is 428 g/mol. The first-order chi connectivity index (χ1) is 13.5. The van der Waals surface area contributed by atoms with Crippen LogP contribution in [0.2, 0.25) is 0 Å². The van der Waals surface area contributed by atoms with Crippen molar-refractivity contribution in [3.8, 4) is 0 Å². The normalized spacial score (nSPS) is 22.2. The fourth-order valence-corrected chi connectivity index (χ4v) is 3.44. The first kappa shape index (κ1) is 22.4. The summed E-state index contributed by atoms with van der Waals surface area (Å²) in [7, 11) is 0. The lowest BCUT2D eigenvalue weighted by molar-refractivity contribution is -0.135. The summed E-state index contributed by atoms with van der Waals surface area (Å²) in [5.74, 6) is 0.105. The van der Waals surface area contributed by atoms with E-state index in [0.29, 0.717) is 56.0 Å². The molecule has 1 saturated heterocycles. The van der Waals surface area contributed by atoms with Crippen molar-refractivity contribution >= 4 is 52.0 Å². The maximum Gasteiger partial charge on any atom is 0.223 e. The number of rotatable bonds is 6. The quantitative estimate of drug-likeness (QED) is 0.355. The van der Waals surface area contributed by atoms with E-state index in [-0.39, 0.29) is 11.8 Å². The number of nitrogens with zero attached hydrogens (tertiary/aromatic N) is 3. The molecule has 0 unspecified atom stereocenters. The molecule has 2 aliphatic rings. The van der Waals surface area contributed by atoms with E-state index in [9.17, 15) is 4.79 Å². The Balaban J connectivity index is 2.07. The maximum absolute atomic E-state index is 12.7. The predicted molar refractivity (Wildman–Crippen MR) is 118 cm³/mol. The van der Waals surface area contributed by atoms with Crippen LogP contribution in [0.1, 0.15) is 33.1 Å². The van der Waals surface area contributed by atoms with E-state index >= 15 is 0 Å². The van der Waals surface area contributed by atoms with Crippen molar-refractivity contribution in [3.63, 3.8) is 0 Å². The molecule has 0 aromatic carbocycles. The van der Waals surface area contributed by atoms with E-state index in [2.05, 4.69) is 31.7 Å². The minimum Gasteiger partial charge on any atom is -0.378 e. The summed E-state index contributed by atoms with van der Waals surface area (Å²) in [4.78, 5) is 14.5. The number of hydrazone groups is 2. The van der Waals surface area contributed by atoms with Crippen LogP contribution in [0.15, 0.2) is 10.2 Å². The molecule has 2 fully saturated rings. The van der Waals surface area contributed by atoms with Gasteiger partial charge in [0.2, 0.25) is 5.91 Å². The van der Waals surface area contributed by atoms with Crippen molar-refractivity contribution in [2.45, 2.75) is 33.1 Å². The van der Waals surface area contributed by atoms with Crippen molar-refractivity contribution in [1.82, 2.24) is 26.4 Å². The lowest BCUT2D eigenvalue weighted by Crippen LogP contribution is -2.42. The summed E-state index contributed by atoms with van der Waals surface area (Å²) in [6.07, 6.45) is 1.92. The molecule has 156 valence electrons. The number of amides is 1. The second-order valence-corrected chi connectivity index (χ2v) is 7.25. The second-order valence-electron chi connectivity index (χ2n) is 6.43. The van der Waals surface area contributed by atoms with Gasteiger partial charge in [0.05, 0.1) is 24.6 Å². The molecule has 1 amide bonds. The first-order valence-corrected chi connectivity index (χ1v) is 10.4. The summed E-state index contributed by atoms with van der Waals surface area (Å²) >= 11 is 10.4. The Bertz CT molecular complexity index is 633.